The Labute approximate surface area is 116 Å². The minimum absolute atomic E-state index is 0.131. The van der Waals surface area contributed by atoms with Crippen LogP contribution in [0.4, 0.5) is 0 Å². The summed E-state index contributed by atoms with van der Waals surface area (Å²) in [5.74, 6) is 1.68. The maximum Gasteiger partial charge on any atom is 0.213 e. The molecule has 1 aliphatic carbocycles. The highest BCUT2D eigenvalue weighted by Gasteiger charge is 2.20. The third-order valence-corrected chi connectivity index (χ3v) is 3.45. The highest BCUT2D eigenvalue weighted by molar-refractivity contribution is 5.25. The first kappa shape index (κ1) is 14.3. The van der Waals surface area contributed by atoms with Crippen LogP contribution in [0.2, 0.25) is 0 Å². The predicted octanol–water partition coefficient (Wildman–Crippen LogP) is 3.46. The first-order chi connectivity index (χ1) is 8.94. The second kappa shape index (κ2) is 5.91. The summed E-state index contributed by atoms with van der Waals surface area (Å²) in [4.78, 5) is 4.53. The van der Waals surface area contributed by atoms with Crippen LogP contribution in [0.3, 0.4) is 0 Å². The molecule has 0 atom stereocenters. The Kier molecular flexibility index (Phi) is 4.46. The van der Waals surface area contributed by atoms with E-state index in [9.17, 15) is 0 Å². The number of ether oxygens (including phenoxy) is 1. The third-order valence-electron chi connectivity index (χ3n) is 3.45. The number of nitrogens with zero attached hydrogens (tertiary/aromatic N) is 1. The molecule has 1 N–H and O–H groups in total. The number of hydrogen-bond donors (Lipinski definition) is 1. The topological polar surface area (TPSA) is 34.1 Å². The fourth-order valence-corrected chi connectivity index (χ4v) is 1.93. The summed E-state index contributed by atoms with van der Waals surface area (Å²) in [5, 5.41) is 3.48. The van der Waals surface area contributed by atoms with Crippen molar-refractivity contribution in [3.8, 4) is 5.88 Å². The normalized spacial score (nSPS) is 15.6. The highest BCUT2D eigenvalue weighted by atomic mass is 16.5. The molecule has 0 aliphatic heterocycles. The van der Waals surface area contributed by atoms with E-state index < -0.39 is 0 Å². The van der Waals surface area contributed by atoms with Gasteiger partial charge in [-0.3, -0.25) is 0 Å². The van der Waals surface area contributed by atoms with Crippen molar-refractivity contribution in [2.24, 2.45) is 5.92 Å². The summed E-state index contributed by atoms with van der Waals surface area (Å²) in [5.41, 5.74) is 2.43. The van der Waals surface area contributed by atoms with Crippen molar-refractivity contribution in [1.82, 2.24) is 10.3 Å². The summed E-state index contributed by atoms with van der Waals surface area (Å²) in [6.07, 6.45) is 3.94. The molecule has 1 heterocycles. The third kappa shape index (κ3) is 5.19. The van der Waals surface area contributed by atoms with Crippen LogP contribution in [0, 0.1) is 12.8 Å². The summed E-state index contributed by atoms with van der Waals surface area (Å²) < 4.78 is 5.71. The zero-order chi connectivity index (χ0) is 13.9. The van der Waals surface area contributed by atoms with Gasteiger partial charge in [-0.05, 0) is 45.6 Å². The molecule has 0 radical (unpaired) electrons. The summed E-state index contributed by atoms with van der Waals surface area (Å²) >= 11 is 0. The highest BCUT2D eigenvalue weighted by Crippen LogP contribution is 2.32. The van der Waals surface area contributed by atoms with E-state index in [2.05, 4.69) is 37.1 Å². The predicted molar refractivity (Wildman–Crippen MR) is 78.4 cm³/mol. The van der Waals surface area contributed by atoms with E-state index in [0.29, 0.717) is 0 Å². The van der Waals surface area contributed by atoms with Crippen LogP contribution in [0.25, 0.3) is 0 Å². The summed E-state index contributed by atoms with van der Waals surface area (Å²) in [7, 11) is 0. The quantitative estimate of drug-likeness (QED) is 0.852. The van der Waals surface area contributed by atoms with Gasteiger partial charge in [0.1, 0.15) is 0 Å². The largest absolute Gasteiger partial charge is 0.478 e. The molecule has 19 heavy (non-hydrogen) atoms. The molecule has 2 rings (SSSR count). The van der Waals surface area contributed by atoms with Crippen molar-refractivity contribution < 1.29 is 4.74 Å². The number of pyridine rings is 1. The molecule has 1 aromatic heterocycles. The average Bonchev–Trinajstić information content (AvgIpc) is 3.11. The number of aromatic nitrogens is 1. The van der Waals surface area contributed by atoms with Crippen LogP contribution in [0.15, 0.2) is 12.1 Å². The van der Waals surface area contributed by atoms with Crippen molar-refractivity contribution in [3.05, 3.63) is 23.4 Å². The number of nitrogens with one attached hydrogen (secondary N) is 1. The van der Waals surface area contributed by atoms with Gasteiger partial charge in [-0.25, -0.2) is 4.98 Å². The van der Waals surface area contributed by atoms with Crippen molar-refractivity contribution >= 4 is 0 Å². The van der Waals surface area contributed by atoms with Crippen LogP contribution in [0.1, 0.15) is 51.3 Å². The smallest absolute Gasteiger partial charge is 0.213 e. The molecule has 0 bridgehead atoms. The van der Waals surface area contributed by atoms with Crippen LogP contribution in [-0.2, 0) is 6.54 Å². The van der Waals surface area contributed by atoms with E-state index in [-0.39, 0.29) is 5.54 Å². The van der Waals surface area contributed by atoms with Crippen LogP contribution in [-0.4, -0.2) is 17.1 Å². The molecule has 0 aromatic carbocycles. The van der Waals surface area contributed by atoms with E-state index in [4.69, 9.17) is 4.74 Å². The lowest BCUT2D eigenvalue weighted by molar-refractivity contribution is 0.290. The average molecular weight is 262 g/mol. The Hall–Kier alpha value is -1.09. The molecule has 0 unspecified atom stereocenters. The second-order valence-corrected chi connectivity index (χ2v) is 6.58. The van der Waals surface area contributed by atoms with Crippen molar-refractivity contribution in [3.63, 3.8) is 0 Å². The van der Waals surface area contributed by atoms with Gasteiger partial charge in [0.25, 0.3) is 0 Å². The Morgan fingerprint density at radius 2 is 2.05 bits per heavy atom. The second-order valence-electron chi connectivity index (χ2n) is 6.58. The van der Waals surface area contributed by atoms with Gasteiger partial charge in [0.2, 0.25) is 5.88 Å². The molecular weight excluding hydrogens is 236 g/mol. The molecule has 1 saturated carbocycles. The summed E-state index contributed by atoms with van der Waals surface area (Å²) in [6, 6.07) is 4.10. The van der Waals surface area contributed by atoms with E-state index in [1.807, 2.05) is 13.0 Å². The molecule has 1 fully saturated rings. The standard InChI is InChI=1S/C16H26N2O/c1-12-14(11-17-16(2,3)4)7-8-15(18-12)19-10-9-13-5-6-13/h7-8,13,17H,5-6,9-11H2,1-4H3. The Morgan fingerprint density at radius 1 is 1.32 bits per heavy atom. The van der Waals surface area contributed by atoms with E-state index in [1.165, 1.54) is 24.8 Å². The minimum Gasteiger partial charge on any atom is -0.478 e. The van der Waals surface area contributed by atoms with Gasteiger partial charge in [-0.1, -0.05) is 18.9 Å². The molecule has 106 valence electrons. The van der Waals surface area contributed by atoms with Gasteiger partial charge in [0, 0.05) is 23.8 Å². The lowest BCUT2D eigenvalue weighted by atomic mass is 10.1. The lowest BCUT2D eigenvalue weighted by Gasteiger charge is -2.21. The molecule has 0 amide bonds. The monoisotopic (exact) mass is 262 g/mol. The lowest BCUT2D eigenvalue weighted by Crippen LogP contribution is -2.35. The molecule has 1 aromatic rings. The van der Waals surface area contributed by atoms with E-state index >= 15 is 0 Å². The van der Waals surface area contributed by atoms with Crippen LogP contribution < -0.4 is 10.1 Å². The first-order valence-electron chi connectivity index (χ1n) is 7.28. The molecule has 0 spiro atoms. The molecule has 1 aliphatic rings. The maximum atomic E-state index is 5.71. The van der Waals surface area contributed by atoms with Crippen molar-refractivity contribution in [2.75, 3.05) is 6.61 Å². The van der Waals surface area contributed by atoms with E-state index in [0.717, 1.165) is 30.6 Å². The van der Waals surface area contributed by atoms with Gasteiger partial charge in [0.05, 0.1) is 6.61 Å². The molecule has 0 saturated heterocycles. The molecule has 3 nitrogen and oxygen atoms in total. The number of rotatable bonds is 6. The summed E-state index contributed by atoms with van der Waals surface area (Å²) in [6.45, 7) is 10.2. The molecule has 3 heteroatoms. The van der Waals surface area contributed by atoms with Gasteiger partial charge in [-0.2, -0.15) is 0 Å². The first-order valence-corrected chi connectivity index (χ1v) is 7.28. The zero-order valence-corrected chi connectivity index (χ0v) is 12.6. The van der Waals surface area contributed by atoms with Crippen LogP contribution in [0.5, 0.6) is 5.88 Å². The van der Waals surface area contributed by atoms with Gasteiger partial charge in [-0.15, -0.1) is 0 Å². The fraction of sp³-hybridized carbons (Fsp3) is 0.688. The minimum atomic E-state index is 0.131. The fourth-order valence-electron chi connectivity index (χ4n) is 1.93. The maximum absolute atomic E-state index is 5.71. The Bertz CT molecular complexity index is 419. The Morgan fingerprint density at radius 3 is 2.63 bits per heavy atom. The van der Waals surface area contributed by atoms with Crippen molar-refractivity contribution in [1.29, 1.82) is 0 Å². The SMILES string of the molecule is Cc1nc(OCCC2CC2)ccc1CNC(C)(C)C. The zero-order valence-electron chi connectivity index (χ0n) is 12.6. The van der Waals surface area contributed by atoms with Gasteiger partial charge in [0.15, 0.2) is 0 Å². The van der Waals surface area contributed by atoms with Crippen molar-refractivity contribution in [2.45, 2.75) is 59.0 Å². The van der Waals surface area contributed by atoms with E-state index in [1.54, 1.807) is 0 Å². The number of aryl methyl sites for hydroxylation is 1. The molecular formula is C16H26N2O. The number of hydrogen-bond acceptors (Lipinski definition) is 3. The Balaban J connectivity index is 1.84. The van der Waals surface area contributed by atoms with Gasteiger partial charge < -0.3 is 10.1 Å². The van der Waals surface area contributed by atoms with Gasteiger partial charge >= 0.3 is 0 Å². The van der Waals surface area contributed by atoms with Crippen LogP contribution >= 0.6 is 0 Å².